The molecule has 2 aromatic rings. The Morgan fingerprint density at radius 1 is 1.19 bits per heavy atom. The first-order valence-corrected chi connectivity index (χ1v) is 8.77. The summed E-state index contributed by atoms with van der Waals surface area (Å²) in [4.78, 5) is 12.3. The highest BCUT2D eigenvalue weighted by Gasteiger charge is 2.12. The van der Waals surface area contributed by atoms with Gasteiger partial charge in [-0.2, -0.15) is 5.10 Å². The molecule has 0 atom stereocenters. The number of ether oxygens (including phenoxy) is 3. The number of carbonyl (C=O) groups excluding carboxylic acids is 1. The van der Waals surface area contributed by atoms with Gasteiger partial charge in [-0.3, -0.25) is 4.79 Å². The summed E-state index contributed by atoms with van der Waals surface area (Å²) < 4.78 is 16.9. The quantitative estimate of drug-likeness (QED) is 0.543. The van der Waals surface area contributed by atoms with Crippen LogP contribution in [0.3, 0.4) is 0 Å². The number of methoxy groups -OCH3 is 2. The molecule has 1 N–H and O–H groups in total. The van der Waals surface area contributed by atoms with Crippen molar-refractivity contribution in [2.45, 2.75) is 13.8 Å². The van der Waals surface area contributed by atoms with Gasteiger partial charge >= 0.3 is 0 Å². The van der Waals surface area contributed by atoms with E-state index in [9.17, 15) is 4.79 Å². The minimum atomic E-state index is -0.352. The van der Waals surface area contributed by atoms with Gasteiger partial charge in [0.25, 0.3) is 5.91 Å². The summed E-state index contributed by atoms with van der Waals surface area (Å²) in [7, 11) is 3.09. The van der Waals surface area contributed by atoms with E-state index >= 15 is 0 Å². The SMILES string of the molecule is CCOc1c(Br)cc(/C=N\NC(=O)c2ccc(C)cc2OC)cc1OC. The Bertz CT molecular complexity index is 821. The monoisotopic (exact) mass is 420 g/mol. The highest BCUT2D eigenvalue weighted by atomic mass is 79.9. The first-order valence-electron chi connectivity index (χ1n) is 7.98. The van der Waals surface area contributed by atoms with E-state index in [4.69, 9.17) is 14.2 Å². The summed E-state index contributed by atoms with van der Waals surface area (Å²) >= 11 is 3.45. The van der Waals surface area contributed by atoms with Gasteiger partial charge in [0.05, 0.1) is 37.1 Å². The lowest BCUT2D eigenvalue weighted by atomic mass is 10.1. The minimum Gasteiger partial charge on any atom is -0.496 e. The molecule has 0 aliphatic heterocycles. The molecule has 0 aliphatic rings. The lowest BCUT2D eigenvalue weighted by Crippen LogP contribution is -2.18. The predicted octanol–water partition coefficient (Wildman–Crippen LogP) is 3.94. The molecule has 0 unspecified atom stereocenters. The molecule has 1 amide bonds. The fraction of sp³-hybridized carbons (Fsp3) is 0.263. The van der Waals surface area contributed by atoms with Crippen molar-refractivity contribution in [1.82, 2.24) is 5.43 Å². The van der Waals surface area contributed by atoms with Gasteiger partial charge in [0, 0.05) is 0 Å². The normalized spacial score (nSPS) is 10.7. The topological polar surface area (TPSA) is 69.2 Å². The highest BCUT2D eigenvalue weighted by molar-refractivity contribution is 9.10. The lowest BCUT2D eigenvalue weighted by Gasteiger charge is -2.12. The second-order valence-corrected chi connectivity index (χ2v) is 6.22. The number of nitrogens with zero attached hydrogens (tertiary/aromatic N) is 1. The smallest absolute Gasteiger partial charge is 0.275 e. The Kier molecular flexibility index (Phi) is 7.03. The Morgan fingerprint density at radius 2 is 1.92 bits per heavy atom. The number of aryl methyl sites for hydroxylation is 1. The van der Waals surface area contributed by atoms with E-state index in [1.54, 1.807) is 25.3 Å². The fourth-order valence-corrected chi connectivity index (χ4v) is 2.88. The molecule has 7 heteroatoms. The molecule has 6 nitrogen and oxygen atoms in total. The van der Waals surface area contributed by atoms with Crippen molar-refractivity contribution < 1.29 is 19.0 Å². The van der Waals surface area contributed by atoms with Crippen molar-refractivity contribution in [2.75, 3.05) is 20.8 Å². The molecule has 138 valence electrons. The van der Waals surface area contributed by atoms with Crippen molar-refractivity contribution in [3.8, 4) is 17.2 Å². The third-order valence-electron chi connectivity index (χ3n) is 3.52. The number of halogens is 1. The summed E-state index contributed by atoms with van der Waals surface area (Å²) in [6, 6.07) is 8.95. The number of rotatable bonds is 7. The molecule has 0 aliphatic carbocycles. The van der Waals surface area contributed by atoms with E-state index in [2.05, 4.69) is 26.5 Å². The Morgan fingerprint density at radius 3 is 2.58 bits per heavy atom. The highest BCUT2D eigenvalue weighted by Crippen LogP contribution is 2.36. The number of amides is 1. The van der Waals surface area contributed by atoms with Crippen LogP contribution in [0.4, 0.5) is 0 Å². The average molecular weight is 421 g/mol. The Hall–Kier alpha value is -2.54. The largest absolute Gasteiger partial charge is 0.496 e. The van der Waals surface area contributed by atoms with Crippen molar-refractivity contribution in [2.24, 2.45) is 5.10 Å². The maximum absolute atomic E-state index is 12.3. The molecular weight excluding hydrogens is 400 g/mol. The number of benzene rings is 2. The van der Waals surface area contributed by atoms with Crippen LogP contribution in [0.5, 0.6) is 17.2 Å². The van der Waals surface area contributed by atoms with Gasteiger partial charge in [-0.05, 0) is 65.2 Å². The van der Waals surface area contributed by atoms with Crippen LogP contribution in [-0.4, -0.2) is 32.9 Å². The molecule has 0 radical (unpaired) electrons. The van der Waals surface area contributed by atoms with Crippen molar-refractivity contribution in [1.29, 1.82) is 0 Å². The molecule has 0 saturated carbocycles. The molecule has 0 aromatic heterocycles. The molecule has 2 rings (SSSR count). The van der Waals surface area contributed by atoms with Crippen molar-refractivity contribution in [3.05, 3.63) is 51.5 Å². The van der Waals surface area contributed by atoms with E-state index in [1.807, 2.05) is 26.0 Å². The summed E-state index contributed by atoms with van der Waals surface area (Å²) in [5.41, 5.74) is 4.67. The van der Waals surface area contributed by atoms with Crippen LogP contribution >= 0.6 is 15.9 Å². The number of hydrogen-bond donors (Lipinski definition) is 1. The summed E-state index contributed by atoms with van der Waals surface area (Å²) in [6.07, 6.45) is 1.53. The summed E-state index contributed by atoms with van der Waals surface area (Å²) in [6.45, 7) is 4.35. The zero-order chi connectivity index (χ0) is 19.1. The third kappa shape index (κ3) is 4.76. The van der Waals surface area contributed by atoms with E-state index in [1.165, 1.54) is 13.3 Å². The van der Waals surface area contributed by atoms with E-state index in [0.29, 0.717) is 29.4 Å². The number of hydrazone groups is 1. The Labute approximate surface area is 161 Å². The first-order chi connectivity index (χ1) is 12.5. The van der Waals surface area contributed by atoms with Gasteiger partial charge in [0.15, 0.2) is 11.5 Å². The van der Waals surface area contributed by atoms with Gasteiger partial charge in [-0.1, -0.05) is 6.07 Å². The average Bonchev–Trinajstić information content (AvgIpc) is 2.63. The number of hydrogen-bond acceptors (Lipinski definition) is 5. The number of nitrogens with one attached hydrogen (secondary N) is 1. The van der Waals surface area contributed by atoms with Crippen LogP contribution in [0.2, 0.25) is 0 Å². The van der Waals surface area contributed by atoms with Crippen LogP contribution in [0, 0.1) is 6.92 Å². The summed E-state index contributed by atoms with van der Waals surface area (Å²) in [5, 5.41) is 4.01. The van der Waals surface area contributed by atoms with Crippen molar-refractivity contribution >= 4 is 28.1 Å². The lowest BCUT2D eigenvalue weighted by molar-refractivity contribution is 0.0952. The fourth-order valence-electron chi connectivity index (χ4n) is 2.31. The molecular formula is C19H21BrN2O4. The van der Waals surface area contributed by atoms with Gasteiger partial charge in [0.1, 0.15) is 5.75 Å². The number of carbonyl (C=O) groups is 1. The van der Waals surface area contributed by atoms with Gasteiger partial charge in [-0.15, -0.1) is 0 Å². The predicted molar refractivity (Wildman–Crippen MR) is 105 cm³/mol. The van der Waals surface area contributed by atoms with Crippen LogP contribution in [0.25, 0.3) is 0 Å². The van der Waals surface area contributed by atoms with Crippen LogP contribution in [-0.2, 0) is 0 Å². The molecule has 0 heterocycles. The van der Waals surface area contributed by atoms with Crippen LogP contribution < -0.4 is 19.6 Å². The molecule has 0 bridgehead atoms. The minimum absolute atomic E-state index is 0.352. The summed E-state index contributed by atoms with van der Waals surface area (Å²) in [5.74, 6) is 1.35. The van der Waals surface area contributed by atoms with Crippen LogP contribution in [0.15, 0.2) is 39.9 Å². The zero-order valence-corrected chi connectivity index (χ0v) is 16.7. The standard InChI is InChI=1S/C19H21BrN2O4/c1-5-26-18-15(20)9-13(10-17(18)25-4)11-21-22-19(23)14-7-6-12(2)8-16(14)24-3/h6-11H,5H2,1-4H3,(H,22,23)/b21-11-. The molecule has 0 fully saturated rings. The second kappa shape index (κ2) is 9.24. The Balaban J connectivity index is 2.15. The molecule has 0 spiro atoms. The second-order valence-electron chi connectivity index (χ2n) is 5.37. The molecule has 0 saturated heterocycles. The zero-order valence-electron chi connectivity index (χ0n) is 15.1. The van der Waals surface area contributed by atoms with Crippen molar-refractivity contribution in [3.63, 3.8) is 0 Å². The maximum Gasteiger partial charge on any atom is 0.275 e. The van der Waals surface area contributed by atoms with Gasteiger partial charge < -0.3 is 14.2 Å². The first kappa shape index (κ1) is 19.8. The maximum atomic E-state index is 12.3. The van der Waals surface area contributed by atoms with Gasteiger partial charge in [-0.25, -0.2) is 5.43 Å². The van der Waals surface area contributed by atoms with Crippen LogP contribution in [0.1, 0.15) is 28.4 Å². The van der Waals surface area contributed by atoms with E-state index in [-0.39, 0.29) is 5.91 Å². The van der Waals surface area contributed by atoms with E-state index in [0.717, 1.165) is 15.6 Å². The van der Waals surface area contributed by atoms with E-state index < -0.39 is 0 Å². The molecule has 2 aromatic carbocycles. The molecule has 26 heavy (non-hydrogen) atoms. The third-order valence-corrected chi connectivity index (χ3v) is 4.11. The van der Waals surface area contributed by atoms with Gasteiger partial charge in [0.2, 0.25) is 0 Å².